The van der Waals surface area contributed by atoms with E-state index in [1.54, 1.807) is 24.0 Å². The van der Waals surface area contributed by atoms with Crippen molar-refractivity contribution in [2.75, 3.05) is 54.0 Å². The Morgan fingerprint density at radius 1 is 0.935 bits per heavy atom. The third-order valence-corrected chi connectivity index (χ3v) is 5.50. The standard InChI is InChI=1S/C24H40N2O5/c1-18(2)13-23(19(3)4)20-7-9-21(10-8-20)30-11-12-31-22-14-25(16-28-5)24(27)26(15-22)17-29-6/h7-10,18-19,22-23H,11-17H2,1-6H3. The molecule has 1 aromatic carbocycles. The number of urea groups is 1. The average molecular weight is 437 g/mol. The Morgan fingerprint density at radius 2 is 1.52 bits per heavy atom. The number of amides is 2. The van der Waals surface area contributed by atoms with Crippen LogP contribution in [0.25, 0.3) is 0 Å². The molecule has 1 heterocycles. The summed E-state index contributed by atoms with van der Waals surface area (Å²) in [5.74, 6) is 2.70. The molecule has 0 aromatic heterocycles. The van der Waals surface area contributed by atoms with Gasteiger partial charge in [-0.3, -0.25) is 9.80 Å². The monoisotopic (exact) mass is 436 g/mol. The number of benzene rings is 1. The van der Waals surface area contributed by atoms with Gasteiger partial charge in [-0.1, -0.05) is 39.8 Å². The number of nitrogens with zero attached hydrogens (tertiary/aromatic N) is 2. The van der Waals surface area contributed by atoms with Crippen LogP contribution in [0.4, 0.5) is 4.79 Å². The van der Waals surface area contributed by atoms with Crippen LogP contribution in [-0.4, -0.2) is 75.9 Å². The fourth-order valence-corrected chi connectivity index (χ4v) is 4.03. The van der Waals surface area contributed by atoms with Gasteiger partial charge in [0.1, 0.15) is 25.8 Å². The largest absolute Gasteiger partial charge is 0.491 e. The van der Waals surface area contributed by atoms with E-state index in [9.17, 15) is 4.79 Å². The molecule has 1 saturated heterocycles. The maximum Gasteiger partial charge on any atom is 0.323 e. The van der Waals surface area contributed by atoms with E-state index in [-0.39, 0.29) is 25.6 Å². The Bertz CT molecular complexity index is 632. The summed E-state index contributed by atoms with van der Waals surface area (Å²) in [5, 5.41) is 0. The molecule has 1 fully saturated rings. The first-order chi connectivity index (χ1) is 14.8. The van der Waals surface area contributed by atoms with Gasteiger partial charge < -0.3 is 18.9 Å². The topological polar surface area (TPSA) is 60.5 Å². The zero-order valence-electron chi connectivity index (χ0n) is 20.0. The van der Waals surface area contributed by atoms with Crippen LogP contribution < -0.4 is 4.74 Å². The van der Waals surface area contributed by atoms with E-state index in [0.29, 0.717) is 44.1 Å². The number of rotatable bonds is 13. The Morgan fingerprint density at radius 3 is 2.00 bits per heavy atom. The fourth-order valence-electron chi connectivity index (χ4n) is 4.03. The van der Waals surface area contributed by atoms with Crippen molar-refractivity contribution in [1.29, 1.82) is 0 Å². The summed E-state index contributed by atoms with van der Waals surface area (Å²) in [4.78, 5) is 15.6. The highest BCUT2D eigenvalue weighted by atomic mass is 16.5. The highest BCUT2D eigenvalue weighted by molar-refractivity contribution is 5.75. The van der Waals surface area contributed by atoms with E-state index in [2.05, 4.69) is 39.8 Å². The van der Waals surface area contributed by atoms with Crippen LogP contribution in [0.3, 0.4) is 0 Å². The van der Waals surface area contributed by atoms with Crippen LogP contribution in [0.1, 0.15) is 45.6 Å². The van der Waals surface area contributed by atoms with Gasteiger partial charge in [0.2, 0.25) is 0 Å². The lowest BCUT2D eigenvalue weighted by Crippen LogP contribution is -2.57. The third-order valence-electron chi connectivity index (χ3n) is 5.50. The van der Waals surface area contributed by atoms with E-state index in [1.807, 2.05) is 12.1 Å². The van der Waals surface area contributed by atoms with Crippen LogP contribution in [0.2, 0.25) is 0 Å². The maximum absolute atomic E-state index is 12.4. The summed E-state index contributed by atoms with van der Waals surface area (Å²) >= 11 is 0. The zero-order chi connectivity index (χ0) is 22.8. The van der Waals surface area contributed by atoms with Crippen molar-refractivity contribution in [3.05, 3.63) is 29.8 Å². The molecular formula is C24H40N2O5. The molecule has 0 N–H and O–H groups in total. The number of hydrogen-bond donors (Lipinski definition) is 0. The van der Waals surface area contributed by atoms with E-state index in [1.165, 1.54) is 12.0 Å². The maximum atomic E-state index is 12.4. The molecule has 176 valence electrons. The van der Waals surface area contributed by atoms with Crippen molar-refractivity contribution in [2.45, 2.75) is 46.1 Å². The number of hydrogen-bond acceptors (Lipinski definition) is 5. The van der Waals surface area contributed by atoms with Crippen molar-refractivity contribution in [1.82, 2.24) is 9.80 Å². The van der Waals surface area contributed by atoms with Gasteiger partial charge in [-0.2, -0.15) is 0 Å². The minimum atomic E-state index is -0.114. The van der Waals surface area contributed by atoms with Gasteiger partial charge in [-0.15, -0.1) is 0 Å². The second-order valence-electron chi connectivity index (χ2n) is 8.95. The number of ether oxygens (including phenoxy) is 4. The van der Waals surface area contributed by atoms with E-state index in [0.717, 1.165) is 5.75 Å². The van der Waals surface area contributed by atoms with E-state index < -0.39 is 0 Å². The van der Waals surface area contributed by atoms with Gasteiger partial charge in [-0.25, -0.2) is 4.79 Å². The quantitative estimate of drug-likeness (QED) is 0.434. The van der Waals surface area contributed by atoms with Crippen LogP contribution in [0, 0.1) is 11.8 Å². The average Bonchev–Trinajstić information content (AvgIpc) is 2.73. The second-order valence-corrected chi connectivity index (χ2v) is 8.95. The summed E-state index contributed by atoms with van der Waals surface area (Å²) in [7, 11) is 3.15. The molecule has 2 rings (SSSR count). The van der Waals surface area contributed by atoms with Gasteiger partial charge in [0.25, 0.3) is 0 Å². The molecule has 0 saturated carbocycles. The number of carbonyl (C=O) groups is 1. The van der Waals surface area contributed by atoms with Crippen LogP contribution in [-0.2, 0) is 14.2 Å². The molecule has 7 nitrogen and oxygen atoms in total. The molecule has 0 aliphatic carbocycles. The van der Waals surface area contributed by atoms with Gasteiger partial charge in [0.05, 0.1) is 25.8 Å². The first-order valence-corrected chi connectivity index (χ1v) is 11.2. The molecule has 7 heteroatoms. The number of methoxy groups -OCH3 is 2. The van der Waals surface area contributed by atoms with Crippen LogP contribution >= 0.6 is 0 Å². The minimum Gasteiger partial charge on any atom is -0.491 e. The SMILES string of the molecule is COCN1CC(OCCOc2ccc(C(CC(C)C)C(C)C)cc2)CN(COC)C1=O. The summed E-state index contributed by atoms with van der Waals surface area (Å²) in [6.45, 7) is 11.5. The lowest BCUT2D eigenvalue weighted by molar-refractivity contribution is -0.0584. The highest BCUT2D eigenvalue weighted by Gasteiger charge is 2.32. The molecule has 1 aliphatic heterocycles. The minimum absolute atomic E-state index is 0.0999. The van der Waals surface area contributed by atoms with E-state index >= 15 is 0 Å². The van der Waals surface area contributed by atoms with Gasteiger partial charge in [0.15, 0.2) is 0 Å². The van der Waals surface area contributed by atoms with Crippen molar-refractivity contribution in [2.24, 2.45) is 11.8 Å². The van der Waals surface area contributed by atoms with Gasteiger partial charge in [-0.05, 0) is 41.9 Å². The Labute approximate surface area is 187 Å². The summed E-state index contributed by atoms with van der Waals surface area (Å²) < 4.78 is 22.1. The second kappa shape index (κ2) is 12.9. The molecule has 0 radical (unpaired) electrons. The molecular weight excluding hydrogens is 396 g/mol. The normalized spacial score (nSPS) is 16.5. The predicted molar refractivity (Wildman–Crippen MR) is 121 cm³/mol. The molecule has 2 amide bonds. The van der Waals surface area contributed by atoms with Gasteiger partial charge >= 0.3 is 6.03 Å². The van der Waals surface area contributed by atoms with Crippen LogP contribution in [0.15, 0.2) is 24.3 Å². The predicted octanol–water partition coefficient (Wildman–Crippen LogP) is 4.18. The van der Waals surface area contributed by atoms with Crippen LogP contribution in [0.5, 0.6) is 5.75 Å². The fraction of sp³-hybridized carbons (Fsp3) is 0.708. The lowest BCUT2D eigenvalue weighted by Gasteiger charge is -2.39. The summed E-state index contributed by atoms with van der Waals surface area (Å²) in [6, 6.07) is 8.36. The Balaban J connectivity index is 1.81. The van der Waals surface area contributed by atoms with E-state index in [4.69, 9.17) is 18.9 Å². The van der Waals surface area contributed by atoms with Gasteiger partial charge in [0, 0.05) is 14.2 Å². The van der Waals surface area contributed by atoms with Crippen molar-refractivity contribution in [3.63, 3.8) is 0 Å². The van der Waals surface area contributed by atoms with Crippen molar-refractivity contribution >= 4 is 6.03 Å². The lowest BCUT2D eigenvalue weighted by atomic mass is 9.82. The molecule has 1 aliphatic rings. The summed E-state index contributed by atoms with van der Waals surface area (Å²) in [5.41, 5.74) is 1.37. The zero-order valence-corrected chi connectivity index (χ0v) is 20.0. The molecule has 1 atom stereocenters. The third kappa shape index (κ3) is 7.98. The molecule has 31 heavy (non-hydrogen) atoms. The number of carbonyl (C=O) groups excluding carboxylic acids is 1. The Hall–Kier alpha value is -1.83. The first-order valence-electron chi connectivity index (χ1n) is 11.2. The summed E-state index contributed by atoms with van der Waals surface area (Å²) in [6.07, 6.45) is 1.08. The molecule has 0 spiro atoms. The molecule has 1 aromatic rings. The molecule has 1 unspecified atom stereocenters. The van der Waals surface area contributed by atoms with Crippen molar-refractivity contribution < 1.29 is 23.7 Å². The highest BCUT2D eigenvalue weighted by Crippen LogP contribution is 2.31. The first kappa shape index (κ1) is 25.4. The van der Waals surface area contributed by atoms with Crippen molar-refractivity contribution in [3.8, 4) is 5.75 Å². The Kier molecular flexibility index (Phi) is 10.6. The molecule has 0 bridgehead atoms. The smallest absolute Gasteiger partial charge is 0.323 e.